The molecule has 1 aliphatic carbocycles. The Morgan fingerprint density at radius 1 is 0.526 bits per heavy atom. The van der Waals surface area contributed by atoms with E-state index in [1.165, 1.54) is 77.6 Å². The Bertz CT molecular complexity index is 2890. The highest BCUT2D eigenvalue weighted by molar-refractivity contribution is 6.10. The van der Waals surface area contributed by atoms with Crippen LogP contribution in [0.2, 0.25) is 0 Å². The summed E-state index contributed by atoms with van der Waals surface area (Å²) >= 11 is 0. The van der Waals surface area contributed by atoms with Crippen LogP contribution in [0, 0.1) is 0 Å². The first-order valence-electron chi connectivity index (χ1n) is 20.0. The molecule has 2 aromatic heterocycles. The summed E-state index contributed by atoms with van der Waals surface area (Å²) in [6.45, 7) is 0.480. The zero-order chi connectivity index (χ0) is 38.1. The molecule has 0 radical (unpaired) electrons. The van der Waals surface area contributed by atoms with Gasteiger partial charge in [-0.2, -0.15) is 0 Å². The summed E-state index contributed by atoms with van der Waals surface area (Å²) in [5.74, 6) is 0. The first-order chi connectivity index (χ1) is 28.2. The highest BCUT2D eigenvalue weighted by Gasteiger charge is 2.23. The van der Waals surface area contributed by atoms with Crippen molar-refractivity contribution in [2.75, 3.05) is 0 Å². The van der Waals surface area contributed by atoms with Gasteiger partial charge in [0.05, 0.1) is 16.7 Å². The number of hydrogen-bond acceptors (Lipinski definition) is 1. The molecule has 3 heteroatoms. The van der Waals surface area contributed by atoms with Crippen molar-refractivity contribution in [1.29, 1.82) is 0 Å². The second kappa shape index (κ2) is 15.0. The van der Waals surface area contributed by atoms with E-state index in [0.717, 1.165) is 36.3 Å². The van der Waals surface area contributed by atoms with Crippen LogP contribution in [0.4, 0.5) is 0 Å². The van der Waals surface area contributed by atoms with Gasteiger partial charge in [-0.1, -0.05) is 152 Å². The highest BCUT2D eigenvalue weighted by atomic mass is 15.0. The van der Waals surface area contributed by atoms with Crippen LogP contribution in [0.25, 0.3) is 78.7 Å². The van der Waals surface area contributed by atoms with Gasteiger partial charge in [0.15, 0.2) is 0 Å². The summed E-state index contributed by atoms with van der Waals surface area (Å²) in [4.78, 5) is 0. The summed E-state index contributed by atoms with van der Waals surface area (Å²) in [5, 5.41) is 2.52. The first-order valence-corrected chi connectivity index (χ1v) is 20.0. The van der Waals surface area contributed by atoms with Crippen LogP contribution in [-0.2, 0) is 19.4 Å². The van der Waals surface area contributed by atoms with Gasteiger partial charge in [-0.3, -0.25) is 0 Å². The van der Waals surface area contributed by atoms with Crippen LogP contribution in [-0.4, -0.2) is 9.13 Å². The number of para-hydroxylation sites is 2. The quantitative estimate of drug-likeness (QED) is 0.158. The number of nitrogens with two attached hydrogens (primary N) is 1. The fourth-order valence-electron chi connectivity index (χ4n) is 8.88. The van der Waals surface area contributed by atoms with Gasteiger partial charge in [-0.05, 0) is 118 Å². The lowest BCUT2D eigenvalue weighted by molar-refractivity contribution is 0.939. The van der Waals surface area contributed by atoms with Gasteiger partial charge in [0.2, 0.25) is 0 Å². The minimum absolute atomic E-state index is 0.480. The van der Waals surface area contributed by atoms with Crippen LogP contribution in [0.3, 0.4) is 0 Å². The Labute approximate surface area is 334 Å². The lowest BCUT2D eigenvalue weighted by Gasteiger charge is -2.17. The van der Waals surface area contributed by atoms with Gasteiger partial charge in [0.25, 0.3) is 0 Å². The molecule has 0 amide bonds. The van der Waals surface area contributed by atoms with Crippen LogP contribution in [0.5, 0.6) is 0 Å². The molecule has 57 heavy (non-hydrogen) atoms. The van der Waals surface area contributed by atoms with Crippen molar-refractivity contribution in [2.45, 2.75) is 25.8 Å². The van der Waals surface area contributed by atoms with Gasteiger partial charge in [-0.25, -0.2) is 0 Å². The second-order valence-corrected chi connectivity index (χ2v) is 14.9. The maximum absolute atomic E-state index is 6.67. The molecule has 3 nitrogen and oxygen atoms in total. The van der Waals surface area contributed by atoms with Crippen molar-refractivity contribution >= 4 is 34.0 Å². The molecule has 2 heterocycles. The Morgan fingerprint density at radius 2 is 1.12 bits per heavy atom. The average Bonchev–Trinajstić information content (AvgIpc) is 3.80. The summed E-state index contributed by atoms with van der Waals surface area (Å²) in [6.07, 6.45) is 12.0. The predicted octanol–water partition coefficient (Wildman–Crippen LogP) is 13.2. The molecule has 10 rings (SSSR count). The summed E-state index contributed by atoms with van der Waals surface area (Å²) in [7, 11) is 0. The average molecular weight is 734 g/mol. The molecular formula is C54H43N3. The molecule has 1 aliphatic rings. The van der Waals surface area contributed by atoms with E-state index in [2.05, 4.69) is 209 Å². The number of hydrogen-bond donors (Lipinski definition) is 1. The van der Waals surface area contributed by atoms with E-state index < -0.39 is 0 Å². The normalized spacial score (nSPS) is 12.5. The molecule has 0 saturated carbocycles. The third-order valence-electron chi connectivity index (χ3n) is 11.5. The largest absolute Gasteiger partial charge is 0.326 e. The van der Waals surface area contributed by atoms with E-state index in [1.54, 1.807) is 0 Å². The smallest absolute Gasteiger partial charge is 0.0576 e. The minimum Gasteiger partial charge on any atom is -0.326 e. The molecule has 2 N–H and O–H groups in total. The van der Waals surface area contributed by atoms with Gasteiger partial charge in [-0.15, -0.1) is 0 Å². The van der Waals surface area contributed by atoms with E-state index >= 15 is 0 Å². The van der Waals surface area contributed by atoms with Crippen LogP contribution in [0.15, 0.2) is 188 Å². The Kier molecular flexibility index (Phi) is 9.06. The van der Waals surface area contributed by atoms with Crippen molar-refractivity contribution in [1.82, 2.24) is 9.13 Å². The maximum Gasteiger partial charge on any atom is 0.0576 e. The molecule has 0 saturated heterocycles. The van der Waals surface area contributed by atoms with Crippen LogP contribution >= 0.6 is 0 Å². The monoisotopic (exact) mass is 733 g/mol. The van der Waals surface area contributed by atoms with Gasteiger partial charge < -0.3 is 14.9 Å². The van der Waals surface area contributed by atoms with Crippen molar-refractivity contribution in [3.05, 3.63) is 216 Å². The van der Waals surface area contributed by atoms with E-state index in [1.807, 2.05) is 0 Å². The van der Waals surface area contributed by atoms with Crippen molar-refractivity contribution in [3.63, 3.8) is 0 Å². The molecule has 274 valence electrons. The van der Waals surface area contributed by atoms with Crippen molar-refractivity contribution < 1.29 is 0 Å². The van der Waals surface area contributed by atoms with Gasteiger partial charge in [0.1, 0.15) is 0 Å². The highest BCUT2D eigenvalue weighted by Crippen LogP contribution is 2.38. The van der Waals surface area contributed by atoms with E-state index in [4.69, 9.17) is 5.73 Å². The molecule has 0 spiro atoms. The standard InChI is InChI=1S/C54H43N3/c55-37-50-48-28-11-12-30-51(48)56(46-35-43(39-19-6-2-7-20-39)33-44(36-46)40-21-8-3-9-22-40)53(50)32-16-24-41-23-15-29-49-47-27-10-13-31-52(47)57(54(41)49)45-26-14-25-42(34-45)38-17-4-1-5-18-38/h1-10,12-23,25-27,29-36H,11,24,28,37,55H2. The number of allylic oxidation sites excluding steroid dienone is 2. The molecule has 0 aliphatic heterocycles. The van der Waals surface area contributed by atoms with E-state index in [9.17, 15) is 0 Å². The van der Waals surface area contributed by atoms with E-state index in [0.29, 0.717) is 6.54 Å². The number of fused-ring (bicyclic) bond motifs is 4. The molecule has 0 bridgehead atoms. The summed E-state index contributed by atoms with van der Waals surface area (Å²) in [5.41, 5.74) is 24.8. The zero-order valence-electron chi connectivity index (χ0n) is 31.9. The molecule has 0 atom stereocenters. The predicted molar refractivity (Wildman–Crippen MR) is 241 cm³/mol. The minimum atomic E-state index is 0.480. The third-order valence-corrected chi connectivity index (χ3v) is 11.5. The van der Waals surface area contributed by atoms with Gasteiger partial charge >= 0.3 is 0 Å². The second-order valence-electron chi connectivity index (χ2n) is 14.9. The van der Waals surface area contributed by atoms with Crippen molar-refractivity contribution in [3.8, 4) is 44.8 Å². The lowest BCUT2D eigenvalue weighted by atomic mass is 9.97. The topological polar surface area (TPSA) is 35.9 Å². The number of aromatic nitrogens is 2. The van der Waals surface area contributed by atoms with Gasteiger partial charge in [0, 0.05) is 34.4 Å². The Morgan fingerprint density at radius 3 is 1.82 bits per heavy atom. The Balaban J connectivity index is 1.12. The Hall–Kier alpha value is -6.94. The van der Waals surface area contributed by atoms with Crippen molar-refractivity contribution in [2.24, 2.45) is 5.73 Å². The summed E-state index contributed by atoms with van der Waals surface area (Å²) in [6, 6.07) is 63.5. The lowest BCUT2D eigenvalue weighted by Crippen LogP contribution is -2.03. The molecule has 9 aromatic rings. The maximum atomic E-state index is 6.67. The molecule has 7 aromatic carbocycles. The molecular weight excluding hydrogens is 691 g/mol. The number of benzene rings is 7. The summed E-state index contributed by atoms with van der Waals surface area (Å²) < 4.78 is 4.91. The SMILES string of the molecule is NCc1c2c(n(-c3cc(-c4ccccc4)cc(-c4ccccc4)c3)c1C=CCc1cccc3c4ccccc4n(-c4cccc(-c5ccccc5)c4)c13)C=CCC2. The zero-order valence-corrected chi connectivity index (χ0v) is 31.9. The first kappa shape index (κ1) is 34.5. The van der Waals surface area contributed by atoms with Crippen LogP contribution < -0.4 is 5.73 Å². The number of nitrogens with zero attached hydrogens (tertiary/aromatic N) is 2. The third kappa shape index (κ3) is 6.33. The fourth-order valence-corrected chi connectivity index (χ4v) is 8.88. The fraction of sp³-hybridized carbons (Fsp3) is 0.0741. The number of rotatable bonds is 9. The molecule has 0 unspecified atom stereocenters. The van der Waals surface area contributed by atoms with E-state index in [-0.39, 0.29) is 0 Å². The molecule has 0 fully saturated rings. The van der Waals surface area contributed by atoms with Crippen LogP contribution in [0.1, 0.15) is 34.5 Å².